The number of benzene rings is 1. The Bertz CT molecular complexity index is 391. The Kier molecular flexibility index (Phi) is 6.99. The summed E-state index contributed by atoms with van der Waals surface area (Å²) in [7, 11) is 0. The molecule has 0 aliphatic carbocycles. The van der Waals surface area contributed by atoms with Crippen molar-refractivity contribution in [2.24, 2.45) is 0 Å². The lowest BCUT2D eigenvalue weighted by Crippen LogP contribution is -2.05. The quantitative estimate of drug-likeness (QED) is 0.523. The molecule has 0 N–H and O–H groups in total. The van der Waals surface area contributed by atoms with Crippen molar-refractivity contribution < 1.29 is 18.0 Å². The Morgan fingerprint density at radius 2 is 1.95 bits per heavy atom. The third-order valence-corrected chi connectivity index (χ3v) is 3.64. The second kappa shape index (κ2) is 8.25. The van der Waals surface area contributed by atoms with Gasteiger partial charge >= 0.3 is 6.18 Å². The fourth-order valence-electron chi connectivity index (χ4n) is 1.74. The van der Waals surface area contributed by atoms with Gasteiger partial charge in [-0.1, -0.05) is 24.6 Å². The molecule has 0 aliphatic heterocycles. The van der Waals surface area contributed by atoms with Crippen molar-refractivity contribution in [2.75, 3.05) is 11.5 Å². The topological polar surface area (TPSA) is 17.1 Å². The number of carbonyl (C=O) groups is 1. The molecular weight excluding hydrogens is 273 g/mol. The van der Waals surface area contributed by atoms with Gasteiger partial charge in [-0.2, -0.15) is 24.9 Å². The zero-order valence-corrected chi connectivity index (χ0v) is 11.4. The lowest BCUT2D eigenvalue weighted by Gasteiger charge is -2.08. The molecule has 1 nitrogen and oxygen atoms in total. The summed E-state index contributed by atoms with van der Waals surface area (Å²) in [4.78, 5) is 10.1. The third-order valence-electron chi connectivity index (χ3n) is 2.69. The monoisotopic (exact) mass is 290 g/mol. The van der Waals surface area contributed by atoms with E-state index in [2.05, 4.69) is 0 Å². The molecule has 0 radical (unpaired) electrons. The Morgan fingerprint density at radius 3 is 2.63 bits per heavy atom. The summed E-state index contributed by atoms with van der Waals surface area (Å²) in [6, 6.07) is 5.51. The third kappa shape index (κ3) is 6.66. The van der Waals surface area contributed by atoms with Crippen LogP contribution < -0.4 is 0 Å². The van der Waals surface area contributed by atoms with Crippen molar-refractivity contribution >= 4 is 18.0 Å². The molecule has 19 heavy (non-hydrogen) atoms. The van der Waals surface area contributed by atoms with E-state index in [0.717, 1.165) is 42.9 Å². The molecule has 0 unspecified atom stereocenters. The molecule has 0 heterocycles. The van der Waals surface area contributed by atoms with E-state index in [4.69, 9.17) is 0 Å². The number of aldehydes is 1. The number of rotatable bonds is 8. The summed E-state index contributed by atoms with van der Waals surface area (Å²) in [5, 5.41) is 0. The van der Waals surface area contributed by atoms with Crippen molar-refractivity contribution in [1.29, 1.82) is 0 Å². The number of aryl methyl sites for hydroxylation is 1. The first-order valence-electron chi connectivity index (χ1n) is 6.21. The summed E-state index contributed by atoms with van der Waals surface area (Å²) in [5.41, 5.74) is 0.155. The van der Waals surface area contributed by atoms with E-state index in [0.29, 0.717) is 12.2 Å². The molecule has 0 atom stereocenters. The molecule has 0 aromatic heterocycles. The van der Waals surface area contributed by atoms with Crippen LogP contribution in [0.2, 0.25) is 0 Å². The van der Waals surface area contributed by atoms with Gasteiger partial charge in [-0.05, 0) is 36.6 Å². The Morgan fingerprint density at radius 1 is 1.16 bits per heavy atom. The van der Waals surface area contributed by atoms with Crippen LogP contribution in [0.15, 0.2) is 24.3 Å². The van der Waals surface area contributed by atoms with Crippen molar-refractivity contribution in [3.63, 3.8) is 0 Å². The smallest absolute Gasteiger partial charge is 0.302 e. The lowest BCUT2D eigenvalue weighted by molar-refractivity contribution is -0.137. The van der Waals surface area contributed by atoms with Gasteiger partial charge in [-0.15, -0.1) is 0 Å². The fraction of sp³-hybridized carbons (Fsp3) is 0.500. The zero-order valence-electron chi connectivity index (χ0n) is 10.6. The minimum atomic E-state index is -4.26. The van der Waals surface area contributed by atoms with Crippen LogP contribution in [0.4, 0.5) is 13.2 Å². The summed E-state index contributed by atoms with van der Waals surface area (Å²) in [5.74, 6) is 1.45. The molecule has 106 valence electrons. The number of halogens is 3. The summed E-state index contributed by atoms with van der Waals surface area (Å²) >= 11 is 1.59. The summed E-state index contributed by atoms with van der Waals surface area (Å²) in [6.07, 6.45) is 0.138. The van der Waals surface area contributed by atoms with Crippen LogP contribution in [0.5, 0.6) is 0 Å². The second-order valence-corrected chi connectivity index (χ2v) is 5.40. The van der Waals surface area contributed by atoms with Crippen LogP contribution in [0, 0.1) is 0 Å². The largest absolute Gasteiger partial charge is 0.416 e. The lowest BCUT2D eigenvalue weighted by atomic mass is 10.0. The molecular formula is C14H17F3OS. The van der Waals surface area contributed by atoms with Gasteiger partial charge in [-0.25, -0.2) is 0 Å². The second-order valence-electron chi connectivity index (χ2n) is 4.25. The van der Waals surface area contributed by atoms with Gasteiger partial charge in [0.1, 0.15) is 6.29 Å². The van der Waals surface area contributed by atoms with E-state index in [-0.39, 0.29) is 0 Å². The number of carbonyl (C=O) groups excluding carboxylic acids is 1. The first-order chi connectivity index (χ1) is 9.04. The predicted octanol–water partition coefficient (Wildman–Crippen LogP) is 4.35. The Hall–Kier alpha value is -0.970. The van der Waals surface area contributed by atoms with Gasteiger partial charge in [-0.3, -0.25) is 0 Å². The molecule has 0 spiro atoms. The van der Waals surface area contributed by atoms with E-state index in [9.17, 15) is 18.0 Å². The molecule has 0 amide bonds. The highest BCUT2D eigenvalue weighted by Crippen LogP contribution is 2.29. The highest BCUT2D eigenvalue weighted by molar-refractivity contribution is 7.99. The van der Waals surface area contributed by atoms with Crippen molar-refractivity contribution in [1.82, 2.24) is 0 Å². The molecule has 1 aromatic carbocycles. The highest BCUT2D eigenvalue weighted by atomic mass is 32.2. The molecule has 5 heteroatoms. The minimum absolute atomic E-state index is 0.521. The molecule has 0 bridgehead atoms. The van der Waals surface area contributed by atoms with Crippen LogP contribution in [-0.2, 0) is 17.4 Å². The number of hydrogen-bond acceptors (Lipinski definition) is 2. The standard InChI is InChI=1S/C14H17F3OS/c15-14(16,17)13-7-4-6-12(11-13)5-2-1-3-9-19-10-8-18/h4,6-8,11H,1-3,5,9-10H2. The van der Waals surface area contributed by atoms with Gasteiger partial charge in [0.15, 0.2) is 0 Å². The normalized spacial score (nSPS) is 11.5. The molecule has 0 saturated heterocycles. The van der Waals surface area contributed by atoms with Gasteiger partial charge in [0, 0.05) is 5.75 Å². The van der Waals surface area contributed by atoms with Gasteiger partial charge in [0.25, 0.3) is 0 Å². The van der Waals surface area contributed by atoms with Gasteiger partial charge in [0.05, 0.1) is 5.56 Å². The Balaban J connectivity index is 2.28. The predicted molar refractivity (Wildman–Crippen MR) is 72.4 cm³/mol. The average molecular weight is 290 g/mol. The van der Waals surface area contributed by atoms with Crippen molar-refractivity contribution in [3.8, 4) is 0 Å². The van der Waals surface area contributed by atoms with Crippen LogP contribution >= 0.6 is 11.8 Å². The zero-order chi connectivity index (χ0) is 14.1. The molecule has 1 rings (SSSR count). The number of alkyl halides is 3. The molecule has 0 fully saturated rings. The molecule has 0 saturated carbocycles. The van der Waals surface area contributed by atoms with Gasteiger partial charge in [0.2, 0.25) is 0 Å². The van der Waals surface area contributed by atoms with Gasteiger partial charge < -0.3 is 4.79 Å². The Labute approximate surface area is 115 Å². The first-order valence-corrected chi connectivity index (χ1v) is 7.37. The van der Waals surface area contributed by atoms with Crippen molar-refractivity contribution in [3.05, 3.63) is 35.4 Å². The maximum Gasteiger partial charge on any atom is 0.416 e. The minimum Gasteiger partial charge on any atom is -0.302 e. The fourth-order valence-corrected chi connectivity index (χ4v) is 2.42. The SMILES string of the molecule is O=CCSCCCCCc1cccc(C(F)(F)F)c1. The van der Waals surface area contributed by atoms with E-state index < -0.39 is 11.7 Å². The number of thioether (sulfide) groups is 1. The number of hydrogen-bond donors (Lipinski definition) is 0. The van der Waals surface area contributed by atoms with E-state index >= 15 is 0 Å². The van der Waals surface area contributed by atoms with Crippen LogP contribution in [0.3, 0.4) is 0 Å². The maximum atomic E-state index is 12.5. The van der Waals surface area contributed by atoms with E-state index in [1.807, 2.05) is 0 Å². The summed E-state index contributed by atoms with van der Waals surface area (Å²) in [6.45, 7) is 0. The van der Waals surface area contributed by atoms with Crippen LogP contribution in [0.25, 0.3) is 0 Å². The van der Waals surface area contributed by atoms with E-state index in [1.54, 1.807) is 17.8 Å². The maximum absolute atomic E-state index is 12.5. The average Bonchev–Trinajstić information content (AvgIpc) is 2.37. The van der Waals surface area contributed by atoms with Crippen molar-refractivity contribution in [2.45, 2.75) is 31.9 Å². The van der Waals surface area contributed by atoms with Crippen LogP contribution in [0.1, 0.15) is 30.4 Å². The molecule has 0 aliphatic rings. The first kappa shape index (κ1) is 16.1. The highest BCUT2D eigenvalue weighted by Gasteiger charge is 2.30. The number of unbranched alkanes of at least 4 members (excludes halogenated alkanes) is 2. The summed E-state index contributed by atoms with van der Waals surface area (Å²) < 4.78 is 37.5. The molecule has 1 aromatic rings. The van der Waals surface area contributed by atoms with E-state index in [1.165, 1.54) is 12.1 Å². The van der Waals surface area contributed by atoms with Crippen LogP contribution in [-0.4, -0.2) is 17.8 Å².